The van der Waals surface area contributed by atoms with Crippen molar-refractivity contribution in [3.8, 4) is 5.75 Å². The number of carboxylic acids is 1. The van der Waals surface area contributed by atoms with Gasteiger partial charge >= 0.3 is 5.97 Å². The first kappa shape index (κ1) is 28.6. The Bertz CT molecular complexity index is 1070. The second kappa shape index (κ2) is 14.0. The van der Waals surface area contributed by atoms with Gasteiger partial charge in [0, 0.05) is 17.5 Å². The van der Waals surface area contributed by atoms with Crippen LogP contribution in [-0.2, 0) is 20.8 Å². The lowest BCUT2D eigenvalue weighted by atomic mass is 10.1. The van der Waals surface area contributed by atoms with E-state index < -0.39 is 42.4 Å². The van der Waals surface area contributed by atoms with Crippen LogP contribution in [0.2, 0.25) is 5.02 Å². The smallest absolute Gasteiger partial charge is 0.328 e. The molecule has 2 aromatic carbocycles. The van der Waals surface area contributed by atoms with Crippen LogP contribution in [0.5, 0.6) is 5.75 Å². The van der Waals surface area contributed by atoms with Gasteiger partial charge in [0.2, 0.25) is 11.8 Å². The van der Waals surface area contributed by atoms with Crippen molar-refractivity contribution in [2.24, 2.45) is 11.5 Å². The molecule has 36 heavy (non-hydrogen) atoms. The molecule has 0 saturated heterocycles. The summed E-state index contributed by atoms with van der Waals surface area (Å²) in [6.45, 7) is -0.785. The van der Waals surface area contributed by atoms with Gasteiger partial charge in [-0.05, 0) is 36.6 Å². The van der Waals surface area contributed by atoms with E-state index in [1.54, 1.807) is 0 Å². The number of aliphatic carboxylic acids is 1. The molecule has 0 aliphatic heterocycles. The van der Waals surface area contributed by atoms with Crippen molar-refractivity contribution in [3.63, 3.8) is 0 Å². The van der Waals surface area contributed by atoms with Gasteiger partial charge in [0.25, 0.3) is 5.91 Å². The minimum Gasteiger partial charge on any atom is -0.491 e. The molecule has 0 aromatic heterocycles. The van der Waals surface area contributed by atoms with Crippen molar-refractivity contribution in [3.05, 3.63) is 64.7 Å². The SMILES string of the molecule is NC(=O)CC[C@H](NC(=O)c1cc(Cl)ccc1OC[C@@H](N)Cc1ccccc1)C(=O)N[C@@H](CO)C(=O)O. The Morgan fingerprint density at radius 2 is 1.72 bits per heavy atom. The number of rotatable bonds is 14. The van der Waals surface area contributed by atoms with Crippen LogP contribution < -0.4 is 26.8 Å². The molecular weight excluding hydrogens is 492 g/mol. The lowest BCUT2D eigenvalue weighted by Crippen LogP contribution is -2.53. The number of carbonyl (C=O) groups excluding carboxylic acids is 3. The molecule has 0 unspecified atom stereocenters. The average molecular weight is 521 g/mol. The fraction of sp³-hybridized carbons (Fsp3) is 0.333. The second-order valence-corrected chi connectivity index (χ2v) is 8.45. The van der Waals surface area contributed by atoms with E-state index in [1.165, 1.54) is 18.2 Å². The zero-order valence-electron chi connectivity index (χ0n) is 19.4. The van der Waals surface area contributed by atoms with Gasteiger partial charge in [-0.15, -0.1) is 0 Å². The van der Waals surface area contributed by atoms with Gasteiger partial charge < -0.3 is 37.1 Å². The van der Waals surface area contributed by atoms with Gasteiger partial charge in [0.1, 0.15) is 24.4 Å². The molecule has 0 aliphatic rings. The first-order chi connectivity index (χ1) is 17.1. The summed E-state index contributed by atoms with van der Waals surface area (Å²) in [5, 5.41) is 23.0. The molecule has 3 amide bonds. The Balaban J connectivity index is 2.15. The van der Waals surface area contributed by atoms with E-state index in [9.17, 15) is 24.3 Å². The van der Waals surface area contributed by atoms with Crippen LogP contribution >= 0.6 is 11.6 Å². The molecule has 12 heteroatoms. The van der Waals surface area contributed by atoms with E-state index in [4.69, 9.17) is 32.9 Å². The van der Waals surface area contributed by atoms with Crippen molar-refractivity contribution in [1.29, 1.82) is 0 Å². The maximum atomic E-state index is 13.1. The number of nitrogens with one attached hydrogen (secondary N) is 2. The Hall–Kier alpha value is -3.67. The number of amides is 3. The molecule has 8 N–H and O–H groups in total. The fourth-order valence-electron chi connectivity index (χ4n) is 3.23. The van der Waals surface area contributed by atoms with Crippen LogP contribution in [0.15, 0.2) is 48.5 Å². The van der Waals surface area contributed by atoms with Gasteiger partial charge in [-0.1, -0.05) is 41.9 Å². The number of carbonyl (C=O) groups is 4. The van der Waals surface area contributed by atoms with Crippen molar-refractivity contribution >= 4 is 35.3 Å². The van der Waals surface area contributed by atoms with Gasteiger partial charge in [-0.2, -0.15) is 0 Å². The number of benzene rings is 2. The molecule has 11 nitrogen and oxygen atoms in total. The monoisotopic (exact) mass is 520 g/mol. The summed E-state index contributed by atoms with van der Waals surface area (Å²) in [4.78, 5) is 48.1. The minimum absolute atomic E-state index is 0.00299. The number of nitrogens with two attached hydrogens (primary N) is 2. The van der Waals surface area contributed by atoms with E-state index in [-0.39, 0.29) is 41.8 Å². The van der Waals surface area contributed by atoms with Gasteiger partial charge in [-0.25, -0.2) is 4.79 Å². The number of carboxylic acid groups (broad SMARTS) is 1. The van der Waals surface area contributed by atoms with Crippen LogP contribution in [0, 0.1) is 0 Å². The van der Waals surface area contributed by atoms with Crippen molar-refractivity contribution in [1.82, 2.24) is 10.6 Å². The molecule has 2 aromatic rings. The number of hydrogen-bond acceptors (Lipinski definition) is 7. The van der Waals surface area contributed by atoms with E-state index in [0.717, 1.165) is 5.56 Å². The van der Waals surface area contributed by atoms with Crippen LogP contribution in [0.25, 0.3) is 0 Å². The molecule has 0 radical (unpaired) electrons. The Morgan fingerprint density at radius 1 is 1.03 bits per heavy atom. The van der Waals surface area contributed by atoms with Gasteiger partial charge in [0.15, 0.2) is 0 Å². The van der Waals surface area contributed by atoms with Gasteiger partial charge in [-0.3, -0.25) is 14.4 Å². The maximum Gasteiger partial charge on any atom is 0.328 e. The Kier molecular flexibility index (Phi) is 11.1. The summed E-state index contributed by atoms with van der Waals surface area (Å²) in [5.41, 5.74) is 12.3. The molecule has 0 fully saturated rings. The summed E-state index contributed by atoms with van der Waals surface area (Å²) in [6, 6.07) is 10.6. The first-order valence-electron chi connectivity index (χ1n) is 11.1. The zero-order chi connectivity index (χ0) is 26.7. The number of hydrogen-bond donors (Lipinski definition) is 6. The summed E-state index contributed by atoms with van der Waals surface area (Å²) < 4.78 is 5.77. The van der Waals surface area contributed by atoms with E-state index in [1.807, 2.05) is 30.3 Å². The number of aliphatic hydroxyl groups excluding tert-OH is 1. The molecule has 3 atom stereocenters. The summed E-state index contributed by atoms with van der Waals surface area (Å²) in [5.74, 6) is -3.71. The predicted molar refractivity (Wildman–Crippen MR) is 131 cm³/mol. The minimum atomic E-state index is -1.60. The Labute approximate surface area is 212 Å². The van der Waals surface area contributed by atoms with Crippen molar-refractivity contribution in [2.75, 3.05) is 13.2 Å². The molecule has 0 saturated carbocycles. The molecule has 0 aliphatic carbocycles. The summed E-state index contributed by atoms with van der Waals surface area (Å²) in [6.07, 6.45) is 0.0762. The van der Waals surface area contributed by atoms with Crippen molar-refractivity contribution < 1.29 is 34.1 Å². The third kappa shape index (κ3) is 9.17. The largest absolute Gasteiger partial charge is 0.491 e. The topological polar surface area (TPSA) is 194 Å². The molecule has 194 valence electrons. The molecule has 0 spiro atoms. The normalized spacial score (nSPS) is 13.2. The lowest BCUT2D eigenvalue weighted by molar-refractivity contribution is -0.143. The molecule has 2 rings (SSSR count). The zero-order valence-corrected chi connectivity index (χ0v) is 20.1. The highest BCUT2D eigenvalue weighted by Crippen LogP contribution is 2.23. The summed E-state index contributed by atoms with van der Waals surface area (Å²) in [7, 11) is 0. The molecule has 0 heterocycles. The quantitative estimate of drug-likeness (QED) is 0.203. The third-order valence-electron chi connectivity index (χ3n) is 5.08. The maximum absolute atomic E-state index is 13.1. The highest BCUT2D eigenvalue weighted by molar-refractivity contribution is 6.31. The van der Waals surface area contributed by atoms with E-state index in [0.29, 0.717) is 6.42 Å². The van der Waals surface area contributed by atoms with Crippen LogP contribution in [0.3, 0.4) is 0 Å². The molecule has 0 bridgehead atoms. The van der Waals surface area contributed by atoms with E-state index in [2.05, 4.69) is 10.6 Å². The summed E-state index contributed by atoms with van der Waals surface area (Å²) >= 11 is 6.06. The van der Waals surface area contributed by atoms with E-state index >= 15 is 0 Å². The number of halogens is 1. The standard InChI is InChI=1S/C24H29ClN4O7/c25-15-6-8-20(36-13-16(26)10-14-4-2-1-3-5-14)17(11-15)22(32)28-18(7-9-21(27)31)23(33)29-19(12-30)24(34)35/h1-6,8,11,16,18-19,30H,7,9-10,12-13,26H2,(H2,27,31)(H,28,32)(H,29,33)(H,34,35)/t16-,18-,19-/m0/s1. The fourth-order valence-corrected chi connectivity index (χ4v) is 3.40. The van der Waals surface area contributed by atoms with Crippen molar-refractivity contribution in [2.45, 2.75) is 37.4 Å². The molecular formula is C24H29ClN4O7. The number of aliphatic hydroxyl groups is 1. The van der Waals surface area contributed by atoms with Crippen LogP contribution in [0.4, 0.5) is 0 Å². The number of ether oxygens (including phenoxy) is 1. The predicted octanol–water partition coefficient (Wildman–Crippen LogP) is 0.214. The van der Waals surface area contributed by atoms with Crippen LogP contribution in [-0.4, -0.2) is 65.2 Å². The highest BCUT2D eigenvalue weighted by Gasteiger charge is 2.27. The lowest BCUT2D eigenvalue weighted by Gasteiger charge is -2.21. The third-order valence-corrected chi connectivity index (χ3v) is 5.31. The van der Waals surface area contributed by atoms with Gasteiger partial charge in [0.05, 0.1) is 12.2 Å². The second-order valence-electron chi connectivity index (χ2n) is 8.01. The van der Waals surface area contributed by atoms with Crippen LogP contribution in [0.1, 0.15) is 28.8 Å². The Morgan fingerprint density at radius 3 is 2.33 bits per heavy atom. The first-order valence-corrected chi connectivity index (χ1v) is 11.4. The average Bonchev–Trinajstić information content (AvgIpc) is 2.84. The number of primary amides is 1. The highest BCUT2D eigenvalue weighted by atomic mass is 35.5.